The number of carbonyl (C=O) groups is 2. The third-order valence-corrected chi connectivity index (χ3v) is 5.97. The molecule has 1 aromatic carbocycles. The van der Waals surface area contributed by atoms with Crippen molar-refractivity contribution in [3.63, 3.8) is 0 Å². The molecule has 1 N–H and O–H groups in total. The zero-order valence-corrected chi connectivity index (χ0v) is 15.7. The van der Waals surface area contributed by atoms with Gasteiger partial charge in [-0.25, -0.2) is 9.18 Å². The zero-order valence-electron chi connectivity index (χ0n) is 14.9. The van der Waals surface area contributed by atoms with Crippen molar-refractivity contribution in [2.75, 3.05) is 11.9 Å². The van der Waals surface area contributed by atoms with Crippen LogP contribution in [0.2, 0.25) is 0 Å². The van der Waals surface area contributed by atoms with Gasteiger partial charge in [-0.3, -0.25) is 4.79 Å². The van der Waals surface area contributed by atoms with E-state index < -0.39 is 24.3 Å². The van der Waals surface area contributed by atoms with Crippen LogP contribution < -0.4 is 5.32 Å². The molecule has 6 heteroatoms. The summed E-state index contributed by atoms with van der Waals surface area (Å²) in [5, 5.41) is 2.53. The number of ether oxygens (including phenoxy) is 1. The number of hydrogen-bond acceptors (Lipinski definition) is 4. The fourth-order valence-electron chi connectivity index (χ4n) is 3.12. The second-order valence-corrected chi connectivity index (χ2v) is 7.80. The van der Waals surface area contributed by atoms with Crippen molar-refractivity contribution in [1.82, 2.24) is 0 Å². The van der Waals surface area contributed by atoms with Gasteiger partial charge in [0.15, 0.2) is 6.61 Å². The first-order valence-corrected chi connectivity index (χ1v) is 9.62. The number of anilines is 1. The summed E-state index contributed by atoms with van der Waals surface area (Å²) in [6.07, 6.45) is 4.32. The molecule has 1 atom stereocenters. The summed E-state index contributed by atoms with van der Waals surface area (Å²) < 4.78 is 18.6. The summed E-state index contributed by atoms with van der Waals surface area (Å²) in [5.74, 6) is -0.687. The molecule has 0 radical (unpaired) electrons. The van der Waals surface area contributed by atoms with Crippen molar-refractivity contribution in [3.05, 3.63) is 51.0 Å². The number of halogens is 1. The molecule has 0 saturated carbocycles. The molecule has 3 rings (SSSR count). The van der Waals surface area contributed by atoms with E-state index in [0.29, 0.717) is 22.0 Å². The molecule has 0 aliphatic heterocycles. The Morgan fingerprint density at radius 3 is 2.88 bits per heavy atom. The molecule has 138 valence electrons. The Bertz CT molecular complexity index is 830. The minimum Gasteiger partial charge on any atom is -0.451 e. The highest BCUT2D eigenvalue weighted by molar-refractivity contribution is 7.14. The van der Waals surface area contributed by atoms with Crippen molar-refractivity contribution in [2.24, 2.45) is 5.92 Å². The van der Waals surface area contributed by atoms with E-state index in [9.17, 15) is 14.0 Å². The van der Waals surface area contributed by atoms with Gasteiger partial charge in [0.1, 0.15) is 10.7 Å². The number of amides is 1. The van der Waals surface area contributed by atoms with Crippen LogP contribution in [0.1, 0.15) is 45.4 Å². The molecule has 1 aromatic heterocycles. The van der Waals surface area contributed by atoms with Gasteiger partial charge < -0.3 is 10.1 Å². The lowest BCUT2D eigenvalue weighted by molar-refractivity contribution is -0.119. The lowest BCUT2D eigenvalue weighted by Crippen LogP contribution is -2.20. The molecule has 4 nitrogen and oxygen atoms in total. The van der Waals surface area contributed by atoms with Gasteiger partial charge in [0.2, 0.25) is 0 Å². The molecule has 0 spiro atoms. The van der Waals surface area contributed by atoms with Gasteiger partial charge >= 0.3 is 5.97 Å². The third-order valence-electron chi connectivity index (χ3n) is 4.75. The van der Waals surface area contributed by atoms with Gasteiger partial charge in [-0.05, 0) is 61.4 Å². The minimum absolute atomic E-state index is 0.339. The third kappa shape index (κ3) is 4.30. The Hall–Kier alpha value is -2.21. The summed E-state index contributed by atoms with van der Waals surface area (Å²) in [4.78, 5) is 25.9. The summed E-state index contributed by atoms with van der Waals surface area (Å²) >= 11 is 1.46. The van der Waals surface area contributed by atoms with Crippen LogP contribution in [-0.4, -0.2) is 18.5 Å². The van der Waals surface area contributed by atoms with Gasteiger partial charge in [0.25, 0.3) is 5.91 Å². The van der Waals surface area contributed by atoms with Crippen LogP contribution in [0.4, 0.5) is 10.1 Å². The van der Waals surface area contributed by atoms with E-state index >= 15 is 0 Å². The second-order valence-electron chi connectivity index (χ2n) is 6.66. The lowest BCUT2D eigenvalue weighted by Gasteiger charge is -2.19. The van der Waals surface area contributed by atoms with Crippen LogP contribution in [0.5, 0.6) is 0 Å². The predicted molar refractivity (Wildman–Crippen MR) is 100 cm³/mol. The SMILES string of the molecule is CC[C@H]1CCc2sc(C(=O)OCC(=O)Nc3ccc(C)c(F)c3)cc2C1. The quantitative estimate of drug-likeness (QED) is 0.783. The van der Waals surface area contributed by atoms with Crippen LogP contribution in [0.3, 0.4) is 0 Å². The lowest BCUT2D eigenvalue weighted by atomic mass is 9.87. The maximum Gasteiger partial charge on any atom is 0.348 e. The first-order chi connectivity index (χ1) is 12.5. The fraction of sp³-hybridized carbons (Fsp3) is 0.400. The number of thiophene rings is 1. The molecule has 26 heavy (non-hydrogen) atoms. The Balaban J connectivity index is 1.54. The molecule has 0 saturated heterocycles. The topological polar surface area (TPSA) is 55.4 Å². The van der Waals surface area contributed by atoms with Crippen LogP contribution >= 0.6 is 11.3 Å². The smallest absolute Gasteiger partial charge is 0.348 e. The first-order valence-electron chi connectivity index (χ1n) is 8.81. The maximum absolute atomic E-state index is 13.5. The van der Waals surface area contributed by atoms with Crippen LogP contribution in [0.25, 0.3) is 0 Å². The average Bonchev–Trinajstić information content (AvgIpc) is 3.06. The van der Waals surface area contributed by atoms with Gasteiger partial charge in [-0.1, -0.05) is 19.4 Å². The van der Waals surface area contributed by atoms with E-state index in [0.717, 1.165) is 25.7 Å². The molecule has 0 bridgehead atoms. The Morgan fingerprint density at radius 1 is 1.35 bits per heavy atom. The number of esters is 1. The molecular formula is C20H22FNO3S. The van der Waals surface area contributed by atoms with Crippen LogP contribution in [0, 0.1) is 18.7 Å². The van der Waals surface area contributed by atoms with E-state index in [1.54, 1.807) is 19.1 Å². The van der Waals surface area contributed by atoms with Gasteiger partial charge in [0.05, 0.1) is 0 Å². The first kappa shape index (κ1) is 18.6. The molecule has 1 heterocycles. The highest BCUT2D eigenvalue weighted by atomic mass is 32.1. The maximum atomic E-state index is 13.5. The summed E-state index contributed by atoms with van der Waals surface area (Å²) in [5.41, 5.74) is 2.08. The number of fused-ring (bicyclic) bond motifs is 1. The number of rotatable bonds is 5. The van der Waals surface area contributed by atoms with E-state index in [4.69, 9.17) is 4.74 Å². The molecule has 1 aliphatic carbocycles. The fourth-order valence-corrected chi connectivity index (χ4v) is 4.22. The highest BCUT2D eigenvalue weighted by Gasteiger charge is 2.23. The van der Waals surface area contributed by atoms with Gasteiger partial charge in [-0.15, -0.1) is 11.3 Å². The largest absolute Gasteiger partial charge is 0.451 e. The Morgan fingerprint density at radius 2 is 2.15 bits per heavy atom. The molecule has 1 aliphatic rings. The average molecular weight is 375 g/mol. The Labute approximate surface area is 156 Å². The summed E-state index contributed by atoms with van der Waals surface area (Å²) in [6, 6.07) is 6.33. The molecular weight excluding hydrogens is 353 g/mol. The number of aryl methyl sites for hydroxylation is 2. The van der Waals surface area contributed by atoms with E-state index in [-0.39, 0.29) is 0 Å². The number of benzene rings is 1. The zero-order chi connectivity index (χ0) is 18.7. The molecule has 0 fully saturated rings. The van der Waals surface area contributed by atoms with Crippen LogP contribution in [0.15, 0.2) is 24.3 Å². The van der Waals surface area contributed by atoms with E-state index in [1.807, 2.05) is 6.07 Å². The standard InChI is InChI=1S/C20H22FNO3S/c1-3-13-5-7-17-14(8-13)9-18(26-17)20(24)25-11-19(23)22-15-6-4-12(2)16(21)10-15/h4,6,9-10,13H,3,5,7-8,11H2,1-2H3,(H,22,23)/t13-/m0/s1. The number of carbonyl (C=O) groups excluding carboxylic acids is 2. The van der Waals surface area contributed by atoms with Gasteiger partial charge in [-0.2, -0.15) is 0 Å². The second kappa shape index (κ2) is 7.99. The summed E-state index contributed by atoms with van der Waals surface area (Å²) in [7, 11) is 0. The number of nitrogens with one attached hydrogen (secondary N) is 1. The predicted octanol–water partition coefficient (Wildman–Crippen LogP) is 4.51. The monoisotopic (exact) mass is 375 g/mol. The molecule has 2 aromatic rings. The van der Waals surface area contributed by atoms with Crippen molar-refractivity contribution in [1.29, 1.82) is 0 Å². The van der Waals surface area contributed by atoms with E-state index in [2.05, 4.69) is 12.2 Å². The molecule has 0 unspecified atom stereocenters. The Kier molecular flexibility index (Phi) is 5.71. The van der Waals surface area contributed by atoms with Gasteiger partial charge in [0, 0.05) is 10.6 Å². The summed E-state index contributed by atoms with van der Waals surface area (Å²) in [6.45, 7) is 3.44. The highest BCUT2D eigenvalue weighted by Crippen LogP contribution is 2.33. The van der Waals surface area contributed by atoms with Crippen molar-refractivity contribution in [3.8, 4) is 0 Å². The van der Waals surface area contributed by atoms with Crippen molar-refractivity contribution < 1.29 is 18.7 Å². The van der Waals surface area contributed by atoms with Crippen molar-refractivity contribution >= 4 is 28.9 Å². The molecule has 1 amide bonds. The van der Waals surface area contributed by atoms with Crippen LogP contribution in [-0.2, 0) is 22.4 Å². The minimum atomic E-state index is -0.492. The van der Waals surface area contributed by atoms with E-state index in [1.165, 1.54) is 27.8 Å². The normalized spacial score (nSPS) is 16.0. The number of hydrogen-bond donors (Lipinski definition) is 1. The van der Waals surface area contributed by atoms with Crippen molar-refractivity contribution in [2.45, 2.75) is 39.5 Å².